The molecule has 0 unspecified atom stereocenters. The molecule has 2 fully saturated rings. The van der Waals surface area contributed by atoms with Crippen LogP contribution in [0.25, 0.3) is 0 Å². The number of benzene rings is 2. The second-order valence-electron chi connectivity index (χ2n) is 7.90. The highest BCUT2D eigenvalue weighted by Gasteiger charge is 2.32. The first-order chi connectivity index (χ1) is 14.0. The van der Waals surface area contributed by atoms with Gasteiger partial charge in [0.05, 0.1) is 0 Å². The van der Waals surface area contributed by atoms with Gasteiger partial charge in [0.15, 0.2) is 6.61 Å². The van der Waals surface area contributed by atoms with Crippen LogP contribution in [-0.2, 0) is 11.3 Å². The summed E-state index contributed by atoms with van der Waals surface area (Å²) in [5, 5.41) is 3.67. The van der Waals surface area contributed by atoms with E-state index in [2.05, 4.69) is 5.32 Å². The Morgan fingerprint density at radius 1 is 1.10 bits per heavy atom. The van der Waals surface area contributed by atoms with Gasteiger partial charge in [0.2, 0.25) is 0 Å². The lowest BCUT2D eigenvalue weighted by Crippen LogP contribution is -2.36. The van der Waals surface area contributed by atoms with Crippen molar-refractivity contribution in [3.63, 3.8) is 0 Å². The number of carbonyl (C=O) groups excluding carboxylic acids is 2. The average molecular weight is 413 g/mol. The van der Waals surface area contributed by atoms with Crippen molar-refractivity contribution in [2.75, 3.05) is 6.61 Å². The second-order valence-corrected chi connectivity index (χ2v) is 8.30. The predicted octanol–water partition coefficient (Wildman–Crippen LogP) is 4.11. The van der Waals surface area contributed by atoms with Gasteiger partial charge in [-0.2, -0.15) is 0 Å². The molecule has 2 aromatic carbocycles. The molecule has 29 heavy (non-hydrogen) atoms. The van der Waals surface area contributed by atoms with Gasteiger partial charge < -0.3 is 15.0 Å². The van der Waals surface area contributed by atoms with Crippen LogP contribution in [0, 0.1) is 6.92 Å². The van der Waals surface area contributed by atoms with Crippen molar-refractivity contribution in [3.8, 4) is 5.75 Å². The van der Waals surface area contributed by atoms with E-state index in [1.807, 2.05) is 42.2 Å². The molecule has 2 saturated carbocycles. The van der Waals surface area contributed by atoms with Crippen molar-refractivity contribution in [1.82, 2.24) is 10.2 Å². The van der Waals surface area contributed by atoms with Gasteiger partial charge in [-0.15, -0.1) is 0 Å². The Kier molecular flexibility index (Phi) is 5.76. The van der Waals surface area contributed by atoms with Crippen LogP contribution in [-0.4, -0.2) is 35.4 Å². The molecular formula is C23H25ClN2O3. The first-order valence-corrected chi connectivity index (χ1v) is 10.5. The molecule has 2 aliphatic rings. The summed E-state index contributed by atoms with van der Waals surface area (Å²) in [6, 6.07) is 13.5. The Hall–Kier alpha value is -2.53. The van der Waals surface area contributed by atoms with Gasteiger partial charge >= 0.3 is 0 Å². The number of hydrogen-bond acceptors (Lipinski definition) is 3. The minimum atomic E-state index is -0.0318. The van der Waals surface area contributed by atoms with E-state index in [0.29, 0.717) is 28.9 Å². The third-order valence-electron chi connectivity index (χ3n) is 5.28. The molecule has 2 aromatic rings. The first-order valence-electron chi connectivity index (χ1n) is 10.1. The lowest BCUT2D eigenvalue weighted by molar-refractivity contribution is -0.134. The number of hydrogen-bond donors (Lipinski definition) is 1. The second kappa shape index (κ2) is 8.46. The minimum absolute atomic E-state index is 0.000545. The van der Waals surface area contributed by atoms with Gasteiger partial charge in [0.25, 0.3) is 11.8 Å². The van der Waals surface area contributed by atoms with E-state index in [1.165, 1.54) is 0 Å². The summed E-state index contributed by atoms with van der Waals surface area (Å²) in [4.78, 5) is 26.8. The van der Waals surface area contributed by atoms with Crippen LogP contribution in [0.5, 0.6) is 5.75 Å². The number of halogens is 1. The van der Waals surface area contributed by atoms with Crippen LogP contribution in [0.1, 0.15) is 47.2 Å². The van der Waals surface area contributed by atoms with Gasteiger partial charge in [0.1, 0.15) is 5.75 Å². The van der Waals surface area contributed by atoms with Crippen molar-refractivity contribution in [1.29, 1.82) is 0 Å². The fourth-order valence-corrected chi connectivity index (χ4v) is 3.31. The zero-order valence-corrected chi connectivity index (χ0v) is 17.2. The maximum atomic E-state index is 12.8. The largest absolute Gasteiger partial charge is 0.484 e. The third kappa shape index (κ3) is 5.30. The van der Waals surface area contributed by atoms with E-state index in [4.69, 9.17) is 16.3 Å². The monoisotopic (exact) mass is 412 g/mol. The molecule has 0 saturated heterocycles. The molecule has 2 aliphatic carbocycles. The summed E-state index contributed by atoms with van der Waals surface area (Å²) in [6.45, 7) is 2.43. The van der Waals surface area contributed by atoms with E-state index in [1.54, 1.807) is 12.1 Å². The number of ether oxygens (including phenoxy) is 1. The first kappa shape index (κ1) is 19.8. The van der Waals surface area contributed by atoms with Gasteiger partial charge in [0, 0.05) is 29.2 Å². The number of aryl methyl sites for hydroxylation is 1. The zero-order valence-electron chi connectivity index (χ0n) is 16.5. The van der Waals surface area contributed by atoms with Gasteiger partial charge in [-0.05, 0) is 74.1 Å². The average Bonchev–Trinajstić information content (AvgIpc) is 3.62. The third-order valence-corrected chi connectivity index (χ3v) is 5.71. The maximum absolute atomic E-state index is 12.8. The molecule has 0 aliphatic heterocycles. The fraction of sp³-hybridized carbons (Fsp3) is 0.391. The molecule has 152 valence electrons. The van der Waals surface area contributed by atoms with Crippen LogP contribution >= 0.6 is 11.6 Å². The molecule has 0 radical (unpaired) electrons. The molecule has 6 heteroatoms. The van der Waals surface area contributed by atoms with Crippen LogP contribution in [0.2, 0.25) is 5.02 Å². The highest BCUT2D eigenvalue weighted by atomic mass is 35.5. The number of nitrogens with zero attached hydrogens (tertiary/aromatic N) is 1. The molecular weight excluding hydrogens is 388 g/mol. The summed E-state index contributed by atoms with van der Waals surface area (Å²) in [5.74, 6) is 0.582. The number of nitrogens with one attached hydrogen (secondary N) is 1. The topological polar surface area (TPSA) is 58.6 Å². The Morgan fingerprint density at radius 3 is 2.45 bits per heavy atom. The summed E-state index contributed by atoms with van der Waals surface area (Å²) in [6.07, 6.45) is 4.18. The van der Waals surface area contributed by atoms with Crippen LogP contribution in [0.15, 0.2) is 42.5 Å². The fourth-order valence-electron chi connectivity index (χ4n) is 3.20. The van der Waals surface area contributed by atoms with Crippen LogP contribution < -0.4 is 10.1 Å². The zero-order chi connectivity index (χ0) is 20.4. The lowest BCUT2D eigenvalue weighted by atomic mass is 10.1. The van der Waals surface area contributed by atoms with Crippen molar-refractivity contribution in [2.24, 2.45) is 0 Å². The maximum Gasteiger partial charge on any atom is 0.261 e. The molecule has 0 heterocycles. The predicted molar refractivity (Wildman–Crippen MR) is 112 cm³/mol. The lowest BCUT2D eigenvalue weighted by Gasteiger charge is -2.23. The smallest absolute Gasteiger partial charge is 0.261 e. The SMILES string of the molecule is Cc1cc(OCC(=O)N(Cc2ccc(C(=O)NC3CC3)cc2)C2CC2)ccc1Cl. The molecule has 2 amide bonds. The van der Waals surface area contributed by atoms with Crippen molar-refractivity contribution in [3.05, 3.63) is 64.2 Å². The van der Waals surface area contributed by atoms with Gasteiger partial charge in [-0.1, -0.05) is 23.7 Å². The highest BCUT2D eigenvalue weighted by Crippen LogP contribution is 2.29. The summed E-state index contributed by atoms with van der Waals surface area (Å²) < 4.78 is 5.69. The van der Waals surface area contributed by atoms with Crippen LogP contribution in [0.4, 0.5) is 0 Å². The van der Waals surface area contributed by atoms with Gasteiger partial charge in [-0.3, -0.25) is 9.59 Å². The molecule has 0 atom stereocenters. The Labute approximate surface area is 176 Å². The van der Waals surface area contributed by atoms with E-state index in [0.717, 1.165) is 36.8 Å². The number of carbonyl (C=O) groups is 2. The van der Waals surface area contributed by atoms with E-state index < -0.39 is 0 Å². The summed E-state index contributed by atoms with van der Waals surface area (Å²) in [7, 11) is 0. The molecule has 0 aromatic heterocycles. The van der Waals surface area contributed by atoms with E-state index >= 15 is 0 Å². The van der Waals surface area contributed by atoms with Crippen LogP contribution in [0.3, 0.4) is 0 Å². The van der Waals surface area contributed by atoms with Gasteiger partial charge in [-0.25, -0.2) is 0 Å². The summed E-state index contributed by atoms with van der Waals surface area (Å²) in [5.41, 5.74) is 2.59. The Bertz CT molecular complexity index is 905. The minimum Gasteiger partial charge on any atom is -0.484 e. The normalized spacial score (nSPS) is 15.7. The molecule has 0 bridgehead atoms. The van der Waals surface area contributed by atoms with E-state index in [9.17, 15) is 9.59 Å². The Balaban J connectivity index is 1.35. The number of rotatable bonds is 8. The van der Waals surface area contributed by atoms with E-state index in [-0.39, 0.29) is 24.5 Å². The quantitative estimate of drug-likeness (QED) is 0.709. The number of amides is 2. The van der Waals surface area contributed by atoms with Crippen molar-refractivity contribution >= 4 is 23.4 Å². The Morgan fingerprint density at radius 2 is 1.83 bits per heavy atom. The van der Waals surface area contributed by atoms with Crippen molar-refractivity contribution in [2.45, 2.75) is 51.2 Å². The molecule has 0 spiro atoms. The highest BCUT2D eigenvalue weighted by molar-refractivity contribution is 6.31. The van der Waals surface area contributed by atoms with Crippen molar-refractivity contribution < 1.29 is 14.3 Å². The standard InChI is InChI=1S/C23H25ClN2O3/c1-15-12-20(10-11-21(15)24)29-14-22(27)26(19-8-9-19)13-16-2-4-17(5-3-16)23(28)25-18-6-7-18/h2-5,10-12,18-19H,6-9,13-14H2,1H3,(H,25,28). The molecule has 5 nitrogen and oxygen atoms in total. The molecule has 4 rings (SSSR count). The molecule has 1 N–H and O–H groups in total. The summed E-state index contributed by atoms with van der Waals surface area (Å²) >= 11 is 6.04.